The van der Waals surface area contributed by atoms with Crippen LogP contribution in [0.3, 0.4) is 0 Å². The zero-order chi connectivity index (χ0) is 18.3. The minimum atomic E-state index is -0.703. The van der Waals surface area contributed by atoms with Crippen molar-refractivity contribution in [3.8, 4) is 11.5 Å². The molecule has 0 radical (unpaired) electrons. The van der Waals surface area contributed by atoms with Gasteiger partial charge < -0.3 is 9.32 Å². The Balaban J connectivity index is 1.58. The van der Waals surface area contributed by atoms with E-state index in [4.69, 9.17) is 4.42 Å². The summed E-state index contributed by atoms with van der Waals surface area (Å²) in [5.74, 6) is -0.900. The Labute approximate surface area is 147 Å². The lowest BCUT2D eigenvalue weighted by Crippen LogP contribution is -2.36. The van der Waals surface area contributed by atoms with Crippen LogP contribution in [-0.2, 0) is 13.0 Å². The second-order valence-corrected chi connectivity index (χ2v) is 6.07. The number of hydrogen-bond donors (Lipinski definition) is 0. The molecule has 1 aliphatic rings. The van der Waals surface area contributed by atoms with Gasteiger partial charge >= 0.3 is 0 Å². The third-order valence-electron chi connectivity index (χ3n) is 4.12. The van der Waals surface area contributed by atoms with Gasteiger partial charge in [-0.25, -0.2) is 18.7 Å². The fourth-order valence-electron chi connectivity index (χ4n) is 2.84. The predicted molar refractivity (Wildman–Crippen MR) is 87.1 cm³/mol. The molecule has 8 heteroatoms. The molecule has 0 aliphatic carbocycles. The summed E-state index contributed by atoms with van der Waals surface area (Å²) in [5.41, 5.74) is 1.78. The number of carbonyl (C=O) groups excluding carboxylic acids is 1. The van der Waals surface area contributed by atoms with Crippen molar-refractivity contribution >= 4 is 5.91 Å². The van der Waals surface area contributed by atoms with E-state index in [1.165, 1.54) is 12.4 Å². The summed E-state index contributed by atoms with van der Waals surface area (Å²) in [5, 5.41) is 0. The van der Waals surface area contributed by atoms with Crippen molar-refractivity contribution < 1.29 is 18.0 Å². The standard InChI is InChI=1S/C18H14F2N4O2/c1-10-7-22-14(8-21-10)18(25)24-3-2-16-15(9-24)23-17(26-16)11-4-12(19)6-13(20)5-11/h4-8H,2-3,9H2,1H3. The molecule has 3 aromatic rings. The van der Waals surface area contributed by atoms with Gasteiger partial charge in [0.05, 0.1) is 18.4 Å². The summed E-state index contributed by atoms with van der Waals surface area (Å²) in [6, 6.07) is 3.10. The molecule has 0 atom stereocenters. The maximum absolute atomic E-state index is 13.4. The van der Waals surface area contributed by atoms with Gasteiger partial charge in [0.1, 0.15) is 28.8 Å². The fourth-order valence-corrected chi connectivity index (χ4v) is 2.84. The van der Waals surface area contributed by atoms with Gasteiger partial charge in [0.25, 0.3) is 5.91 Å². The van der Waals surface area contributed by atoms with E-state index in [0.29, 0.717) is 24.4 Å². The highest BCUT2D eigenvalue weighted by Gasteiger charge is 2.27. The monoisotopic (exact) mass is 356 g/mol. The lowest BCUT2D eigenvalue weighted by Gasteiger charge is -2.24. The highest BCUT2D eigenvalue weighted by Crippen LogP contribution is 2.27. The van der Waals surface area contributed by atoms with E-state index in [1.54, 1.807) is 11.8 Å². The molecule has 0 unspecified atom stereocenters. The molecule has 2 aromatic heterocycles. The van der Waals surface area contributed by atoms with Crippen LogP contribution in [0, 0.1) is 18.6 Å². The molecule has 0 saturated heterocycles. The predicted octanol–water partition coefficient (Wildman–Crippen LogP) is 2.92. The molecule has 4 rings (SSSR count). The molecule has 26 heavy (non-hydrogen) atoms. The number of oxazole rings is 1. The number of amides is 1. The van der Waals surface area contributed by atoms with Crippen LogP contribution in [0.4, 0.5) is 8.78 Å². The molecule has 0 fully saturated rings. The van der Waals surface area contributed by atoms with Crippen molar-refractivity contribution in [1.29, 1.82) is 0 Å². The van der Waals surface area contributed by atoms with Gasteiger partial charge in [-0.15, -0.1) is 0 Å². The van der Waals surface area contributed by atoms with Gasteiger partial charge in [-0.05, 0) is 19.1 Å². The van der Waals surface area contributed by atoms with Crippen LogP contribution in [0.25, 0.3) is 11.5 Å². The number of nitrogens with zero attached hydrogens (tertiary/aromatic N) is 4. The number of fused-ring (bicyclic) bond motifs is 1. The van der Waals surface area contributed by atoms with Crippen molar-refractivity contribution in [2.24, 2.45) is 0 Å². The molecule has 1 amide bonds. The zero-order valence-electron chi connectivity index (χ0n) is 13.9. The van der Waals surface area contributed by atoms with Crippen molar-refractivity contribution in [1.82, 2.24) is 19.9 Å². The molecular formula is C18H14F2N4O2. The quantitative estimate of drug-likeness (QED) is 0.706. The second kappa shape index (κ2) is 6.29. The molecule has 3 heterocycles. The van der Waals surface area contributed by atoms with Gasteiger partial charge in [-0.3, -0.25) is 9.78 Å². The van der Waals surface area contributed by atoms with Gasteiger partial charge in [0, 0.05) is 30.8 Å². The number of carbonyl (C=O) groups is 1. The molecule has 0 bridgehead atoms. The van der Waals surface area contributed by atoms with Crippen molar-refractivity contribution in [2.75, 3.05) is 6.54 Å². The van der Waals surface area contributed by atoms with Crippen LogP contribution in [0.15, 0.2) is 35.0 Å². The van der Waals surface area contributed by atoms with Crippen LogP contribution >= 0.6 is 0 Å². The smallest absolute Gasteiger partial charge is 0.274 e. The highest BCUT2D eigenvalue weighted by atomic mass is 19.1. The van der Waals surface area contributed by atoms with E-state index < -0.39 is 11.6 Å². The van der Waals surface area contributed by atoms with Gasteiger partial charge in [-0.1, -0.05) is 0 Å². The molecule has 1 aliphatic heterocycles. The minimum absolute atomic E-state index is 0.137. The maximum Gasteiger partial charge on any atom is 0.274 e. The average molecular weight is 356 g/mol. The summed E-state index contributed by atoms with van der Waals surface area (Å²) in [6.07, 6.45) is 3.44. The number of aryl methyl sites for hydroxylation is 1. The summed E-state index contributed by atoms with van der Waals surface area (Å²) in [7, 11) is 0. The van der Waals surface area contributed by atoms with E-state index in [-0.39, 0.29) is 29.6 Å². The van der Waals surface area contributed by atoms with Gasteiger partial charge in [0.2, 0.25) is 5.89 Å². The van der Waals surface area contributed by atoms with E-state index in [0.717, 1.165) is 23.9 Å². The van der Waals surface area contributed by atoms with Gasteiger partial charge in [0.15, 0.2) is 0 Å². The van der Waals surface area contributed by atoms with E-state index >= 15 is 0 Å². The Kier molecular flexibility index (Phi) is 3.95. The number of hydrogen-bond acceptors (Lipinski definition) is 5. The molecule has 6 nitrogen and oxygen atoms in total. The Bertz CT molecular complexity index is 965. The number of rotatable bonds is 2. The van der Waals surface area contributed by atoms with E-state index in [2.05, 4.69) is 15.0 Å². The molecule has 0 saturated carbocycles. The Morgan fingerprint density at radius 1 is 1.15 bits per heavy atom. The number of halogens is 2. The second-order valence-electron chi connectivity index (χ2n) is 6.07. The lowest BCUT2D eigenvalue weighted by atomic mass is 10.1. The van der Waals surface area contributed by atoms with Crippen LogP contribution in [0.1, 0.15) is 27.6 Å². The third-order valence-corrected chi connectivity index (χ3v) is 4.12. The first kappa shape index (κ1) is 16.3. The molecule has 0 N–H and O–H groups in total. The molecule has 132 valence electrons. The molecular weight excluding hydrogens is 342 g/mol. The van der Waals surface area contributed by atoms with E-state index in [9.17, 15) is 13.6 Å². The summed E-state index contributed by atoms with van der Waals surface area (Å²) < 4.78 is 32.5. The number of aromatic nitrogens is 3. The van der Waals surface area contributed by atoms with Crippen molar-refractivity contribution in [3.63, 3.8) is 0 Å². The van der Waals surface area contributed by atoms with Crippen LogP contribution < -0.4 is 0 Å². The van der Waals surface area contributed by atoms with Crippen LogP contribution in [0.5, 0.6) is 0 Å². The topological polar surface area (TPSA) is 72.1 Å². The maximum atomic E-state index is 13.4. The summed E-state index contributed by atoms with van der Waals surface area (Å²) in [4.78, 5) is 26.6. The first-order chi connectivity index (χ1) is 12.5. The summed E-state index contributed by atoms with van der Waals surface area (Å²) >= 11 is 0. The first-order valence-electron chi connectivity index (χ1n) is 8.02. The highest BCUT2D eigenvalue weighted by molar-refractivity contribution is 5.92. The SMILES string of the molecule is Cc1cnc(C(=O)N2CCc3oc(-c4cc(F)cc(F)c4)nc3C2)cn1. The first-order valence-corrected chi connectivity index (χ1v) is 8.02. The molecule has 0 spiro atoms. The third kappa shape index (κ3) is 3.05. The van der Waals surface area contributed by atoms with Crippen LogP contribution in [-0.4, -0.2) is 32.3 Å². The Morgan fingerprint density at radius 3 is 2.62 bits per heavy atom. The normalized spacial score (nSPS) is 13.6. The van der Waals surface area contributed by atoms with Gasteiger partial charge in [-0.2, -0.15) is 0 Å². The van der Waals surface area contributed by atoms with Crippen LogP contribution in [0.2, 0.25) is 0 Å². The van der Waals surface area contributed by atoms with Crippen molar-refractivity contribution in [2.45, 2.75) is 19.9 Å². The van der Waals surface area contributed by atoms with E-state index in [1.807, 2.05) is 0 Å². The average Bonchev–Trinajstić information content (AvgIpc) is 3.04. The zero-order valence-corrected chi connectivity index (χ0v) is 13.9. The largest absolute Gasteiger partial charge is 0.441 e. The fraction of sp³-hybridized carbons (Fsp3) is 0.222. The Hall–Kier alpha value is -3.16. The summed E-state index contributed by atoms with van der Waals surface area (Å²) in [6.45, 7) is 2.47. The molecule has 1 aromatic carbocycles. The number of benzene rings is 1. The Morgan fingerprint density at radius 2 is 1.92 bits per heavy atom. The van der Waals surface area contributed by atoms with Crippen molar-refractivity contribution in [3.05, 3.63) is 65.1 Å². The minimum Gasteiger partial charge on any atom is -0.441 e. The lowest BCUT2D eigenvalue weighted by molar-refractivity contribution is 0.0721.